The molecule has 1 N–H and O–H groups in total. The molecule has 1 aromatic heterocycles. The lowest BCUT2D eigenvalue weighted by Crippen LogP contribution is -2.34. The fraction of sp³-hybridized carbons (Fsp3) is 0.222. The predicted octanol–water partition coefficient (Wildman–Crippen LogP) is 1.44. The van der Waals surface area contributed by atoms with Crippen LogP contribution in [-0.2, 0) is 19.6 Å². The van der Waals surface area contributed by atoms with Crippen molar-refractivity contribution in [2.75, 3.05) is 14.2 Å². The fourth-order valence-corrected chi connectivity index (χ4v) is 4.75. The molecule has 0 fully saturated rings. The van der Waals surface area contributed by atoms with Crippen LogP contribution in [0, 0.1) is 0 Å². The van der Waals surface area contributed by atoms with Crippen LogP contribution >= 0.6 is 22.9 Å². The summed E-state index contributed by atoms with van der Waals surface area (Å²) in [6, 6.07) is 1.30. The zero-order chi connectivity index (χ0) is 13.7. The molecule has 6 nitrogen and oxygen atoms in total. The summed E-state index contributed by atoms with van der Waals surface area (Å²) in [4.78, 5) is 11.5. The van der Waals surface area contributed by atoms with Gasteiger partial charge in [0.15, 0.2) is 15.7 Å². The van der Waals surface area contributed by atoms with E-state index in [0.29, 0.717) is 4.31 Å². The number of methoxy groups -OCH3 is 1. The standard InChI is InChI=1S/C9H8ClNO5S2/c1-11-6(8(13)16-2)7(12)4-3-5(10)17-9(4)18(11,14)15/h3,12H,1-2H3. The molecule has 0 atom stereocenters. The molecule has 2 rings (SSSR count). The minimum absolute atomic E-state index is 0.0171. The lowest BCUT2D eigenvalue weighted by molar-refractivity contribution is -0.137. The molecule has 1 aliphatic rings. The lowest BCUT2D eigenvalue weighted by Gasteiger charge is -2.25. The van der Waals surface area contributed by atoms with Gasteiger partial charge in [-0.3, -0.25) is 4.31 Å². The second-order valence-corrected chi connectivity index (χ2v) is 7.26. The quantitative estimate of drug-likeness (QED) is 0.793. The highest BCUT2D eigenvalue weighted by atomic mass is 35.5. The number of likely N-dealkylation sites (N-methyl/N-ethyl adjacent to an activating group) is 1. The van der Waals surface area contributed by atoms with E-state index in [1.807, 2.05) is 0 Å². The van der Waals surface area contributed by atoms with E-state index < -0.39 is 27.4 Å². The van der Waals surface area contributed by atoms with E-state index in [1.165, 1.54) is 6.07 Å². The molecule has 0 aromatic carbocycles. The molecule has 1 aromatic rings. The van der Waals surface area contributed by atoms with Crippen molar-refractivity contribution in [3.63, 3.8) is 0 Å². The molecule has 0 saturated heterocycles. The summed E-state index contributed by atoms with van der Waals surface area (Å²) in [6.45, 7) is 0. The van der Waals surface area contributed by atoms with E-state index in [0.717, 1.165) is 25.5 Å². The number of hydrogen-bond acceptors (Lipinski definition) is 6. The molecule has 18 heavy (non-hydrogen) atoms. The molecule has 0 unspecified atom stereocenters. The van der Waals surface area contributed by atoms with Gasteiger partial charge < -0.3 is 9.84 Å². The van der Waals surface area contributed by atoms with E-state index >= 15 is 0 Å². The first-order chi connectivity index (χ1) is 8.30. The third kappa shape index (κ3) is 1.68. The summed E-state index contributed by atoms with van der Waals surface area (Å²) < 4.78 is 29.5. The molecule has 0 aliphatic carbocycles. The number of thiophene rings is 1. The number of sulfonamides is 1. The number of carbonyl (C=O) groups excluding carboxylic acids is 1. The number of nitrogens with zero attached hydrogens (tertiary/aromatic N) is 1. The van der Waals surface area contributed by atoms with E-state index in [-0.39, 0.29) is 14.1 Å². The zero-order valence-corrected chi connectivity index (χ0v) is 11.7. The fourth-order valence-electron chi connectivity index (χ4n) is 1.55. The Hall–Kier alpha value is -1.25. The molecular weight excluding hydrogens is 302 g/mol. The summed E-state index contributed by atoms with van der Waals surface area (Å²) in [5, 5.41) is 9.96. The SMILES string of the molecule is COC(=O)C1=C(O)c2cc(Cl)sc2S(=O)(=O)N1C. The van der Waals surface area contributed by atoms with Gasteiger partial charge in [-0.1, -0.05) is 11.6 Å². The predicted molar refractivity (Wildman–Crippen MR) is 65.8 cm³/mol. The molecule has 2 heterocycles. The van der Waals surface area contributed by atoms with Crippen LogP contribution in [0.3, 0.4) is 0 Å². The van der Waals surface area contributed by atoms with Crippen molar-refractivity contribution in [2.24, 2.45) is 0 Å². The van der Waals surface area contributed by atoms with Crippen LogP contribution < -0.4 is 0 Å². The van der Waals surface area contributed by atoms with Gasteiger partial charge in [-0.2, -0.15) is 0 Å². The molecule has 0 radical (unpaired) electrons. The average molecular weight is 310 g/mol. The number of esters is 1. The van der Waals surface area contributed by atoms with E-state index in [9.17, 15) is 18.3 Å². The molecule has 98 valence electrons. The molecular formula is C9H8ClNO5S2. The third-order valence-electron chi connectivity index (χ3n) is 2.44. The average Bonchev–Trinajstić information content (AvgIpc) is 2.70. The second kappa shape index (κ2) is 4.15. The normalized spacial score (nSPS) is 17.6. The maximum absolute atomic E-state index is 12.1. The topological polar surface area (TPSA) is 83.9 Å². The van der Waals surface area contributed by atoms with Crippen molar-refractivity contribution in [1.82, 2.24) is 4.31 Å². The van der Waals surface area contributed by atoms with Crippen LogP contribution in [0.4, 0.5) is 0 Å². The van der Waals surface area contributed by atoms with Crippen molar-refractivity contribution in [2.45, 2.75) is 4.21 Å². The summed E-state index contributed by atoms with van der Waals surface area (Å²) in [6.07, 6.45) is 0. The number of aliphatic hydroxyl groups excluding tert-OH is 1. The van der Waals surface area contributed by atoms with Crippen LogP contribution in [-0.4, -0.2) is 38.0 Å². The number of rotatable bonds is 1. The highest BCUT2D eigenvalue weighted by molar-refractivity contribution is 7.91. The van der Waals surface area contributed by atoms with Gasteiger partial charge in [0.2, 0.25) is 0 Å². The number of aliphatic hydroxyl groups is 1. The Morgan fingerprint density at radius 1 is 1.56 bits per heavy atom. The van der Waals surface area contributed by atoms with Crippen molar-refractivity contribution < 1.29 is 23.1 Å². The highest BCUT2D eigenvalue weighted by Crippen LogP contribution is 2.41. The van der Waals surface area contributed by atoms with Gasteiger partial charge in [0.1, 0.15) is 0 Å². The molecule has 0 saturated carbocycles. The summed E-state index contributed by atoms with van der Waals surface area (Å²) in [5.41, 5.74) is -0.414. The van der Waals surface area contributed by atoms with Gasteiger partial charge in [-0.25, -0.2) is 13.2 Å². The van der Waals surface area contributed by atoms with Gasteiger partial charge in [-0.15, -0.1) is 11.3 Å². The number of hydrogen-bond donors (Lipinski definition) is 1. The Bertz CT molecular complexity index is 660. The summed E-state index contributed by atoms with van der Waals surface area (Å²) in [7, 11) is -1.63. The molecule has 9 heteroatoms. The number of halogens is 1. The minimum atomic E-state index is -3.89. The minimum Gasteiger partial charge on any atom is -0.505 e. The first-order valence-corrected chi connectivity index (χ1v) is 7.24. The van der Waals surface area contributed by atoms with Crippen LogP contribution in [0.15, 0.2) is 16.0 Å². The molecule has 1 aliphatic heterocycles. The first-order valence-electron chi connectivity index (χ1n) is 4.61. The van der Waals surface area contributed by atoms with Crippen LogP contribution in [0.25, 0.3) is 5.76 Å². The van der Waals surface area contributed by atoms with E-state index in [2.05, 4.69) is 4.74 Å². The molecule has 0 amide bonds. The molecule has 0 bridgehead atoms. The first kappa shape index (κ1) is 13.2. The maximum Gasteiger partial charge on any atom is 0.359 e. The van der Waals surface area contributed by atoms with Crippen LogP contribution in [0.2, 0.25) is 4.34 Å². The lowest BCUT2D eigenvalue weighted by atomic mass is 10.2. The van der Waals surface area contributed by atoms with Crippen molar-refractivity contribution in [3.05, 3.63) is 21.7 Å². The Balaban J connectivity index is 2.80. The van der Waals surface area contributed by atoms with E-state index in [4.69, 9.17) is 11.6 Å². The van der Waals surface area contributed by atoms with Gasteiger partial charge in [-0.05, 0) is 6.07 Å². The van der Waals surface area contributed by atoms with Gasteiger partial charge >= 0.3 is 5.97 Å². The largest absolute Gasteiger partial charge is 0.505 e. The van der Waals surface area contributed by atoms with Crippen molar-refractivity contribution >= 4 is 44.7 Å². The summed E-state index contributed by atoms with van der Waals surface area (Å²) in [5.74, 6) is -1.40. The second-order valence-electron chi connectivity index (χ2n) is 3.41. The highest BCUT2D eigenvalue weighted by Gasteiger charge is 2.40. The monoisotopic (exact) mass is 309 g/mol. The number of ether oxygens (including phenoxy) is 1. The van der Waals surface area contributed by atoms with Crippen LogP contribution in [0.5, 0.6) is 0 Å². The maximum atomic E-state index is 12.1. The van der Waals surface area contributed by atoms with Gasteiger partial charge in [0.05, 0.1) is 17.0 Å². The summed E-state index contributed by atoms with van der Waals surface area (Å²) >= 11 is 6.55. The third-order valence-corrected chi connectivity index (χ3v) is 5.97. The van der Waals surface area contributed by atoms with E-state index in [1.54, 1.807) is 0 Å². The van der Waals surface area contributed by atoms with Crippen LogP contribution in [0.1, 0.15) is 5.56 Å². The van der Waals surface area contributed by atoms with Crippen molar-refractivity contribution in [1.29, 1.82) is 0 Å². The van der Waals surface area contributed by atoms with Crippen molar-refractivity contribution in [3.8, 4) is 0 Å². The Morgan fingerprint density at radius 2 is 2.17 bits per heavy atom. The molecule has 0 spiro atoms. The smallest absolute Gasteiger partial charge is 0.359 e. The Morgan fingerprint density at radius 3 is 2.72 bits per heavy atom. The Kier molecular flexibility index (Phi) is 3.04. The Labute approximate surface area is 112 Å². The zero-order valence-electron chi connectivity index (χ0n) is 9.30. The van der Waals surface area contributed by atoms with Gasteiger partial charge in [0.25, 0.3) is 10.0 Å². The number of fused-ring (bicyclic) bond motifs is 1. The number of carbonyl (C=O) groups is 1. The van der Waals surface area contributed by atoms with Gasteiger partial charge in [0, 0.05) is 7.05 Å².